The molecule has 5 aromatic rings. The zero-order valence-corrected chi connectivity index (χ0v) is 15.4. The molecule has 0 aliphatic carbocycles. The van der Waals surface area contributed by atoms with E-state index in [4.69, 9.17) is 4.42 Å². The second-order valence-corrected chi connectivity index (χ2v) is 7.02. The molecule has 6 nitrogen and oxygen atoms in total. The highest BCUT2D eigenvalue weighted by Gasteiger charge is 2.17. The van der Waals surface area contributed by atoms with Gasteiger partial charge >= 0.3 is 0 Å². The van der Waals surface area contributed by atoms with E-state index in [1.165, 1.54) is 17.5 Å². The number of furan rings is 1. The van der Waals surface area contributed by atoms with Crippen molar-refractivity contribution in [2.45, 2.75) is 0 Å². The van der Waals surface area contributed by atoms with Crippen molar-refractivity contribution < 1.29 is 9.21 Å². The molecule has 0 spiro atoms. The Labute approximate surface area is 163 Å². The number of H-pyrrole nitrogens is 1. The summed E-state index contributed by atoms with van der Waals surface area (Å²) in [5.74, 6) is 0.407. The fraction of sp³-hybridized carbons (Fsp3) is 0. The first kappa shape index (κ1) is 16.5. The van der Waals surface area contributed by atoms with E-state index >= 15 is 0 Å². The summed E-state index contributed by atoms with van der Waals surface area (Å²) in [6, 6.07) is 19.3. The van der Waals surface area contributed by atoms with Gasteiger partial charge in [0.15, 0.2) is 10.9 Å². The molecule has 3 heterocycles. The lowest BCUT2D eigenvalue weighted by molar-refractivity contribution is 0.102. The molecule has 2 N–H and O–H groups in total. The molecule has 0 bridgehead atoms. The van der Waals surface area contributed by atoms with Crippen LogP contribution < -0.4 is 5.32 Å². The number of carbonyl (C=O) groups is 1. The van der Waals surface area contributed by atoms with E-state index in [1.54, 1.807) is 0 Å². The van der Waals surface area contributed by atoms with Crippen molar-refractivity contribution in [2.75, 3.05) is 5.32 Å². The zero-order chi connectivity index (χ0) is 18.9. The number of benzene rings is 2. The Bertz CT molecular complexity index is 1240. The maximum Gasteiger partial charge on any atom is 0.261 e. The number of carbonyl (C=O) groups excluding carboxylic acids is 1. The molecule has 2 aromatic carbocycles. The molecule has 0 aliphatic heterocycles. The molecular weight excluding hydrogens is 372 g/mol. The van der Waals surface area contributed by atoms with E-state index in [2.05, 4.69) is 20.5 Å². The number of amides is 1. The van der Waals surface area contributed by atoms with Crippen molar-refractivity contribution >= 4 is 33.3 Å². The summed E-state index contributed by atoms with van der Waals surface area (Å²) in [6.45, 7) is 0. The summed E-state index contributed by atoms with van der Waals surface area (Å²) in [5, 5.41) is 13.1. The number of para-hydroxylation sites is 1. The third-order valence-electron chi connectivity index (χ3n) is 4.35. The minimum Gasteiger partial charge on any atom is -0.454 e. The molecule has 136 valence electrons. The van der Waals surface area contributed by atoms with Gasteiger partial charge in [-0.25, -0.2) is 4.98 Å². The number of rotatable bonds is 4. The monoisotopic (exact) mass is 386 g/mol. The summed E-state index contributed by atoms with van der Waals surface area (Å²) < 4.78 is 5.84. The second-order valence-electron chi connectivity index (χ2n) is 6.17. The Balaban J connectivity index is 1.39. The Morgan fingerprint density at radius 2 is 1.89 bits per heavy atom. The zero-order valence-electron chi connectivity index (χ0n) is 14.5. The lowest BCUT2D eigenvalue weighted by Crippen LogP contribution is -2.12. The standard InChI is InChI=1S/C21H14N4O2S/c26-20(15-11-22-25-19(15)13-6-2-1-3-7-13)24-21-23-16(12-28-21)18-10-14-8-4-5-9-17(14)27-18/h1-12H,(H,22,25)(H,23,24,26). The van der Waals surface area contributed by atoms with Crippen molar-refractivity contribution in [1.82, 2.24) is 15.2 Å². The summed E-state index contributed by atoms with van der Waals surface area (Å²) in [5.41, 5.74) is 3.53. The molecule has 0 saturated carbocycles. The molecule has 3 aromatic heterocycles. The van der Waals surface area contributed by atoms with Crippen LogP contribution in [0, 0.1) is 0 Å². The van der Waals surface area contributed by atoms with Crippen LogP contribution in [0.3, 0.4) is 0 Å². The normalized spacial score (nSPS) is 11.0. The number of thiazole rings is 1. The molecule has 0 radical (unpaired) electrons. The minimum absolute atomic E-state index is 0.266. The first-order valence-electron chi connectivity index (χ1n) is 8.62. The summed E-state index contributed by atoms with van der Waals surface area (Å²) in [7, 11) is 0. The van der Waals surface area contributed by atoms with E-state index in [0.29, 0.717) is 27.8 Å². The van der Waals surface area contributed by atoms with Crippen LogP contribution in [0.5, 0.6) is 0 Å². The summed E-state index contributed by atoms with van der Waals surface area (Å²) in [6.07, 6.45) is 1.52. The molecule has 0 atom stereocenters. The fourth-order valence-corrected chi connectivity index (χ4v) is 3.69. The molecule has 7 heteroatoms. The third-order valence-corrected chi connectivity index (χ3v) is 5.11. The van der Waals surface area contributed by atoms with Gasteiger partial charge in [0.1, 0.15) is 11.3 Å². The van der Waals surface area contributed by atoms with E-state index in [1.807, 2.05) is 66.0 Å². The van der Waals surface area contributed by atoms with Crippen molar-refractivity contribution in [3.05, 3.63) is 77.8 Å². The van der Waals surface area contributed by atoms with Gasteiger partial charge in [-0.3, -0.25) is 15.2 Å². The predicted octanol–water partition coefficient (Wildman–Crippen LogP) is 5.20. The van der Waals surface area contributed by atoms with Crippen LogP contribution in [-0.4, -0.2) is 21.1 Å². The van der Waals surface area contributed by atoms with Gasteiger partial charge in [-0.1, -0.05) is 48.5 Å². The van der Waals surface area contributed by atoms with E-state index in [0.717, 1.165) is 16.5 Å². The first-order chi connectivity index (χ1) is 13.8. The van der Waals surface area contributed by atoms with Crippen LogP contribution in [0.1, 0.15) is 10.4 Å². The Hall–Kier alpha value is -3.71. The third kappa shape index (κ3) is 2.97. The molecular formula is C21H14N4O2S. The maximum atomic E-state index is 12.7. The molecule has 0 fully saturated rings. The lowest BCUT2D eigenvalue weighted by Gasteiger charge is -2.03. The smallest absolute Gasteiger partial charge is 0.261 e. The SMILES string of the molecule is O=C(Nc1nc(-c2cc3ccccc3o2)cs1)c1cn[nH]c1-c1ccccc1. The van der Waals surface area contributed by atoms with Crippen LogP contribution in [0.4, 0.5) is 5.13 Å². The number of nitrogens with zero attached hydrogens (tertiary/aromatic N) is 2. The molecule has 0 aliphatic rings. The average Bonchev–Trinajstić information content (AvgIpc) is 3.47. The van der Waals surface area contributed by atoms with Crippen molar-refractivity contribution in [2.24, 2.45) is 0 Å². The van der Waals surface area contributed by atoms with Crippen LogP contribution in [0.15, 0.2) is 76.7 Å². The quantitative estimate of drug-likeness (QED) is 0.445. The molecule has 28 heavy (non-hydrogen) atoms. The number of aromatic amines is 1. The minimum atomic E-state index is -0.266. The maximum absolute atomic E-state index is 12.7. The van der Waals surface area contributed by atoms with E-state index < -0.39 is 0 Å². The van der Waals surface area contributed by atoms with E-state index in [9.17, 15) is 4.79 Å². The summed E-state index contributed by atoms with van der Waals surface area (Å²) >= 11 is 1.35. The molecule has 1 amide bonds. The highest BCUT2D eigenvalue weighted by molar-refractivity contribution is 7.14. The van der Waals surface area contributed by atoms with Gasteiger partial charge in [-0.05, 0) is 12.1 Å². The number of fused-ring (bicyclic) bond motifs is 1. The Morgan fingerprint density at radius 1 is 1.07 bits per heavy atom. The largest absolute Gasteiger partial charge is 0.454 e. The second kappa shape index (κ2) is 6.79. The predicted molar refractivity (Wildman–Crippen MR) is 109 cm³/mol. The van der Waals surface area contributed by atoms with Gasteiger partial charge < -0.3 is 4.42 Å². The van der Waals surface area contributed by atoms with Crippen molar-refractivity contribution in [3.8, 4) is 22.7 Å². The average molecular weight is 386 g/mol. The van der Waals surface area contributed by atoms with Gasteiger partial charge in [-0.2, -0.15) is 5.10 Å². The van der Waals surface area contributed by atoms with Crippen LogP contribution in [0.25, 0.3) is 33.7 Å². The lowest BCUT2D eigenvalue weighted by atomic mass is 10.1. The number of nitrogens with one attached hydrogen (secondary N) is 2. The van der Waals surface area contributed by atoms with Gasteiger partial charge in [0.05, 0.1) is 17.5 Å². The van der Waals surface area contributed by atoms with Crippen molar-refractivity contribution in [1.29, 1.82) is 0 Å². The Kier molecular flexibility index (Phi) is 3.99. The Morgan fingerprint density at radius 3 is 2.75 bits per heavy atom. The van der Waals surface area contributed by atoms with Crippen LogP contribution >= 0.6 is 11.3 Å². The van der Waals surface area contributed by atoms with Gasteiger partial charge in [0, 0.05) is 16.3 Å². The fourth-order valence-electron chi connectivity index (χ4n) is 3.00. The van der Waals surface area contributed by atoms with E-state index in [-0.39, 0.29) is 5.91 Å². The van der Waals surface area contributed by atoms with Gasteiger partial charge in [0.25, 0.3) is 5.91 Å². The van der Waals surface area contributed by atoms with Gasteiger partial charge in [0.2, 0.25) is 0 Å². The van der Waals surface area contributed by atoms with Gasteiger partial charge in [-0.15, -0.1) is 11.3 Å². The van der Waals surface area contributed by atoms with Crippen LogP contribution in [0.2, 0.25) is 0 Å². The molecule has 0 saturated heterocycles. The summed E-state index contributed by atoms with van der Waals surface area (Å²) in [4.78, 5) is 17.2. The van der Waals surface area contributed by atoms with Crippen molar-refractivity contribution in [3.63, 3.8) is 0 Å². The van der Waals surface area contributed by atoms with Crippen LogP contribution in [-0.2, 0) is 0 Å². The molecule has 0 unspecified atom stereocenters. The number of hydrogen-bond acceptors (Lipinski definition) is 5. The highest BCUT2D eigenvalue weighted by atomic mass is 32.1. The number of anilines is 1. The number of hydrogen-bond donors (Lipinski definition) is 2. The topological polar surface area (TPSA) is 83.8 Å². The highest BCUT2D eigenvalue weighted by Crippen LogP contribution is 2.30. The first-order valence-corrected chi connectivity index (χ1v) is 9.50. The molecule has 5 rings (SSSR count). The number of aromatic nitrogens is 3.